The van der Waals surface area contributed by atoms with Gasteiger partial charge < -0.3 is 10.6 Å². The molecule has 0 aromatic rings. The first-order valence-electron chi connectivity index (χ1n) is 4.62. The molecule has 1 rings (SSSR count). The maximum atomic E-state index is 10.8. The highest BCUT2D eigenvalue weighted by molar-refractivity contribution is 5.73. The second-order valence-corrected chi connectivity index (χ2v) is 3.74. The maximum absolute atomic E-state index is 10.8. The third kappa shape index (κ3) is 2.48. The summed E-state index contributed by atoms with van der Waals surface area (Å²) in [6.07, 6.45) is 2.24. The first kappa shape index (κ1) is 9.52. The summed E-state index contributed by atoms with van der Waals surface area (Å²) in [7, 11) is 0. The SMILES string of the molecule is CC(=O)NC1CCC(C)NC1C. The van der Waals surface area contributed by atoms with Crippen LogP contribution in [0.4, 0.5) is 0 Å². The van der Waals surface area contributed by atoms with Gasteiger partial charge in [0.05, 0.1) is 0 Å². The van der Waals surface area contributed by atoms with E-state index >= 15 is 0 Å². The normalized spacial score (nSPS) is 36.1. The number of nitrogens with one attached hydrogen (secondary N) is 2. The predicted octanol–water partition coefficient (Wildman–Crippen LogP) is 0.651. The van der Waals surface area contributed by atoms with E-state index in [0.29, 0.717) is 18.1 Å². The zero-order valence-corrected chi connectivity index (χ0v) is 8.05. The lowest BCUT2D eigenvalue weighted by Crippen LogP contribution is -2.54. The van der Waals surface area contributed by atoms with Gasteiger partial charge in [-0.3, -0.25) is 4.79 Å². The Morgan fingerprint density at radius 3 is 2.58 bits per heavy atom. The average Bonchev–Trinajstić information content (AvgIpc) is 1.94. The minimum atomic E-state index is 0.0724. The third-order valence-corrected chi connectivity index (χ3v) is 2.45. The molecular formula is C9H18N2O. The molecule has 1 amide bonds. The van der Waals surface area contributed by atoms with Crippen LogP contribution in [-0.4, -0.2) is 24.0 Å². The van der Waals surface area contributed by atoms with Gasteiger partial charge in [-0.15, -0.1) is 0 Å². The summed E-state index contributed by atoms with van der Waals surface area (Å²) in [6.45, 7) is 5.88. The van der Waals surface area contributed by atoms with Crippen molar-refractivity contribution in [1.82, 2.24) is 10.6 Å². The van der Waals surface area contributed by atoms with Crippen LogP contribution in [0.25, 0.3) is 0 Å². The summed E-state index contributed by atoms with van der Waals surface area (Å²) in [5, 5.41) is 6.37. The molecule has 1 aliphatic heterocycles. The van der Waals surface area contributed by atoms with E-state index in [0.717, 1.165) is 12.8 Å². The molecule has 1 saturated heterocycles. The second-order valence-electron chi connectivity index (χ2n) is 3.74. The highest BCUT2D eigenvalue weighted by Gasteiger charge is 2.24. The zero-order chi connectivity index (χ0) is 9.14. The van der Waals surface area contributed by atoms with E-state index in [-0.39, 0.29) is 5.91 Å². The molecule has 0 bridgehead atoms. The van der Waals surface area contributed by atoms with Crippen molar-refractivity contribution in [2.75, 3.05) is 0 Å². The monoisotopic (exact) mass is 170 g/mol. The summed E-state index contributed by atoms with van der Waals surface area (Å²) in [5.74, 6) is 0.0724. The molecule has 0 aliphatic carbocycles. The Hall–Kier alpha value is -0.570. The van der Waals surface area contributed by atoms with E-state index in [1.54, 1.807) is 6.92 Å². The Balaban J connectivity index is 2.39. The Labute approximate surface area is 73.9 Å². The minimum Gasteiger partial charge on any atom is -0.352 e. The van der Waals surface area contributed by atoms with Crippen molar-refractivity contribution in [3.05, 3.63) is 0 Å². The summed E-state index contributed by atoms with van der Waals surface area (Å²) >= 11 is 0. The van der Waals surface area contributed by atoms with E-state index in [1.165, 1.54) is 0 Å². The summed E-state index contributed by atoms with van der Waals surface area (Å²) in [4.78, 5) is 10.8. The van der Waals surface area contributed by atoms with Gasteiger partial charge in [0.15, 0.2) is 0 Å². The smallest absolute Gasteiger partial charge is 0.217 e. The van der Waals surface area contributed by atoms with Crippen LogP contribution in [0.1, 0.15) is 33.6 Å². The fourth-order valence-corrected chi connectivity index (χ4v) is 1.79. The number of rotatable bonds is 1. The fraction of sp³-hybridized carbons (Fsp3) is 0.889. The first-order valence-corrected chi connectivity index (χ1v) is 4.62. The molecule has 3 nitrogen and oxygen atoms in total. The number of carbonyl (C=O) groups excluding carboxylic acids is 1. The first-order chi connectivity index (χ1) is 5.59. The zero-order valence-electron chi connectivity index (χ0n) is 8.05. The molecule has 0 aromatic heterocycles. The van der Waals surface area contributed by atoms with Crippen molar-refractivity contribution in [2.45, 2.75) is 51.7 Å². The van der Waals surface area contributed by atoms with Crippen LogP contribution >= 0.6 is 0 Å². The number of carbonyl (C=O) groups is 1. The molecule has 1 aliphatic rings. The molecule has 3 atom stereocenters. The number of amides is 1. The lowest BCUT2D eigenvalue weighted by atomic mass is 9.95. The second kappa shape index (κ2) is 3.90. The van der Waals surface area contributed by atoms with Gasteiger partial charge >= 0.3 is 0 Å². The van der Waals surface area contributed by atoms with Crippen LogP contribution in [0.2, 0.25) is 0 Å². The van der Waals surface area contributed by atoms with Crippen molar-refractivity contribution in [1.29, 1.82) is 0 Å². The number of hydrogen-bond donors (Lipinski definition) is 2. The lowest BCUT2D eigenvalue weighted by Gasteiger charge is -2.34. The summed E-state index contributed by atoms with van der Waals surface area (Å²) in [6, 6.07) is 1.31. The molecule has 0 saturated carbocycles. The molecule has 12 heavy (non-hydrogen) atoms. The van der Waals surface area contributed by atoms with Gasteiger partial charge in [0.2, 0.25) is 5.91 Å². The fourth-order valence-electron chi connectivity index (χ4n) is 1.79. The molecule has 0 spiro atoms. The topological polar surface area (TPSA) is 41.1 Å². The minimum absolute atomic E-state index is 0.0724. The van der Waals surface area contributed by atoms with Crippen molar-refractivity contribution < 1.29 is 4.79 Å². The van der Waals surface area contributed by atoms with E-state index in [4.69, 9.17) is 0 Å². The highest BCUT2D eigenvalue weighted by Crippen LogP contribution is 2.12. The predicted molar refractivity (Wildman–Crippen MR) is 48.9 cm³/mol. The standard InChI is InChI=1S/C9H18N2O/c1-6-4-5-9(7(2)10-6)11-8(3)12/h6-7,9-10H,4-5H2,1-3H3,(H,11,12). The number of hydrogen-bond acceptors (Lipinski definition) is 2. The van der Waals surface area contributed by atoms with Crippen LogP contribution < -0.4 is 10.6 Å². The quantitative estimate of drug-likeness (QED) is 0.606. The number of piperidine rings is 1. The maximum Gasteiger partial charge on any atom is 0.217 e. The van der Waals surface area contributed by atoms with Crippen LogP contribution in [0.15, 0.2) is 0 Å². The van der Waals surface area contributed by atoms with E-state index in [1.807, 2.05) is 0 Å². The molecule has 0 radical (unpaired) electrons. The van der Waals surface area contributed by atoms with Crippen LogP contribution in [0.3, 0.4) is 0 Å². The van der Waals surface area contributed by atoms with Crippen molar-refractivity contribution >= 4 is 5.91 Å². The van der Waals surface area contributed by atoms with Gasteiger partial charge in [-0.1, -0.05) is 0 Å². The van der Waals surface area contributed by atoms with Gasteiger partial charge in [0.25, 0.3) is 0 Å². The Bertz CT molecular complexity index is 170. The summed E-state index contributed by atoms with van der Waals surface area (Å²) < 4.78 is 0. The molecule has 1 fully saturated rings. The van der Waals surface area contributed by atoms with Crippen molar-refractivity contribution in [3.63, 3.8) is 0 Å². The Kier molecular flexibility index (Phi) is 3.09. The molecule has 1 heterocycles. The van der Waals surface area contributed by atoms with Gasteiger partial charge in [-0.2, -0.15) is 0 Å². The van der Waals surface area contributed by atoms with E-state index in [9.17, 15) is 4.79 Å². The van der Waals surface area contributed by atoms with Crippen LogP contribution in [-0.2, 0) is 4.79 Å². The molecule has 2 N–H and O–H groups in total. The Morgan fingerprint density at radius 2 is 2.08 bits per heavy atom. The van der Waals surface area contributed by atoms with Crippen LogP contribution in [0.5, 0.6) is 0 Å². The van der Waals surface area contributed by atoms with E-state index in [2.05, 4.69) is 24.5 Å². The molecular weight excluding hydrogens is 152 g/mol. The van der Waals surface area contributed by atoms with Crippen molar-refractivity contribution in [3.8, 4) is 0 Å². The van der Waals surface area contributed by atoms with Gasteiger partial charge in [-0.05, 0) is 26.7 Å². The highest BCUT2D eigenvalue weighted by atomic mass is 16.1. The van der Waals surface area contributed by atoms with Gasteiger partial charge in [0.1, 0.15) is 0 Å². The van der Waals surface area contributed by atoms with Crippen LogP contribution in [0, 0.1) is 0 Å². The molecule has 0 aromatic carbocycles. The molecule has 3 unspecified atom stereocenters. The Morgan fingerprint density at radius 1 is 1.42 bits per heavy atom. The van der Waals surface area contributed by atoms with Gasteiger partial charge in [0, 0.05) is 25.0 Å². The third-order valence-electron chi connectivity index (χ3n) is 2.45. The lowest BCUT2D eigenvalue weighted by molar-refractivity contribution is -0.120. The largest absolute Gasteiger partial charge is 0.352 e. The molecule has 70 valence electrons. The van der Waals surface area contributed by atoms with Gasteiger partial charge in [-0.25, -0.2) is 0 Å². The average molecular weight is 170 g/mol. The molecule has 3 heteroatoms. The van der Waals surface area contributed by atoms with E-state index < -0.39 is 0 Å². The van der Waals surface area contributed by atoms with Crippen molar-refractivity contribution in [2.24, 2.45) is 0 Å². The summed E-state index contributed by atoms with van der Waals surface area (Å²) in [5.41, 5.74) is 0.